The van der Waals surface area contributed by atoms with Crippen molar-refractivity contribution in [1.29, 1.82) is 0 Å². The van der Waals surface area contributed by atoms with Gasteiger partial charge >= 0.3 is 6.09 Å². The third-order valence-electron chi connectivity index (χ3n) is 3.25. The lowest BCUT2D eigenvalue weighted by atomic mass is 10.2. The fourth-order valence-corrected chi connectivity index (χ4v) is 2.35. The molecule has 3 N–H and O–H groups in total. The number of nitrogens with zero attached hydrogens (tertiary/aromatic N) is 3. The molecule has 1 saturated heterocycles. The summed E-state index contributed by atoms with van der Waals surface area (Å²) in [5, 5.41) is 11.9. The molecular weight excluding hydrogens is 262 g/mol. The number of fused-ring (bicyclic) bond motifs is 1. The van der Waals surface area contributed by atoms with E-state index in [2.05, 4.69) is 25.2 Å². The smallest absolute Gasteiger partial charge is 0.404 e. The zero-order valence-corrected chi connectivity index (χ0v) is 10.7. The average molecular weight is 277 g/mol. The first-order chi connectivity index (χ1) is 9.74. The van der Waals surface area contributed by atoms with E-state index in [-0.39, 0.29) is 12.6 Å². The van der Waals surface area contributed by atoms with E-state index in [1.54, 1.807) is 0 Å². The lowest BCUT2D eigenvalue weighted by Crippen LogP contribution is -2.47. The number of aromatic amines is 1. The van der Waals surface area contributed by atoms with E-state index in [1.807, 2.05) is 12.3 Å². The highest BCUT2D eigenvalue weighted by molar-refractivity contribution is 5.87. The van der Waals surface area contributed by atoms with E-state index in [9.17, 15) is 4.79 Å². The SMILES string of the molecule is O=C(O)NCC1CN(c2ncnc3[nH]ccc23)CCO1. The first-order valence-corrected chi connectivity index (χ1v) is 6.35. The first-order valence-electron chi connectivity index (χ1n) is 6.35. The number of carbonyl (C=O) groups is 1. The van der Waals surface area contributed by atoms with Crippen LogP contribution in [-0.2, 0) is 4.74 Å². The van der Waals surface area contributed by atoms with E-state index in [4.69, 9.17) is 9.84 Å². The highest BCUT2D eigenvalue weighted by Gasteiger charge is 2.23. The van der Waals surface area contributed by atoms with Gasteiger partial charge in [0.1, 0.15) is 17.8 Å². The molecule has 8 nitrogen and oxygen atoms in total. The number of anilines is 1. The molecule has 1 amide bonds. The van der Waals surface area contributed by atoms with Gasteiger partial charge in [-0.25, -0.2) is 14.8 Å². The van der Waals surface area contributed by atoms with E-state index in [0.29, 0.717) is 13.2 Å². The number of H-pyrrole nitrogens is 1. The predicted octanol–water partition coefficient (Wildman–Crippen LogP) is 0.431. The zero-order chi connectivity index (χ0) is 13.9. The van der Waals surface area contributed by atoms with Crippen LogP contribution in [-0.4, -0.2) is 58.5 Å². The molecule has 1 aliphatic heterocycles. The van der Waals surface area contributed by atoms with Gasteiger partial charge in [-0.2, -0.15) is 0 Å². The summed E-state index contributed by atoms with van der Waals surface area (Å²) in [5.74, 6) is 0.847. The van der Waals surface area contributed by atoms with Crippen LogP contribution in [0.5, 0.6) is 0 Å². The Morgan fingerprint density at radius 1 is 1.60 bits per heavy atom. The number of hydrogen-bond donors (Lipinski definition) is 3. The molecule has 20 heavy (non-hydrogen) atoms. The Labute approximate surface area is 114 Å². The molecule has 106 valence electrons. The van der Waals surface area contributed by atoms with Gasteiger partial charge in [-0.05, 0) is 6.07 Å². The van der Waals surface area contributed by atoms with Gasteiger partial charge in [-0.15, -0.1) is 0 Å². The quantitative estimate of drug-likeness (QED) is 0.751. The van der Waals surface area contributed by atoms with Crippen LogP contribution in [0.25, 0.3) is 11.0 Å². The topological polar surface area (TPSA) is 103 Å². The molecule has 0 spiro atoms. The predicted molar refractivity (Wildman–Crippen MR) is 71.9 cm³/mol. The summed E-state index contributed by atoms with van der Waals surface area (Å²) < 4.78 is 5.55. The molecule has 0 radical (unpaired) electrons. The van der Waals surface area contributed by atoms with Crippen molar-refractivity contribution in [2.45, 2.75) is 6.10 Å². The van der Waals surface area contributed by atoms with Crippen LogP contribution in [0.1, 0.15) is 0 Å². The highest BCUT2D eigenvalue weighted by atomic mass is 16.5. The summed E-state index contributed by atoms with van der Waals surface area (Å²) in [7, 11) is 0. The lowest BCUT2D eigenvalue weighted by molar-refractivity contribution is 0.0409. The van der Waals surface area contributed by atoms with Crippen molar-refractivity contribution >= 4 is 22.9 Å². The minimum atomic E-state index is -1.04. The molecule has 1 fully saturated rings. The minimum absolute atomic E-state index is 0.177. The molecule has 3 rings (SSSR count). The van der Waals surface area contributed by atoms with Crippen LogP contribution in [0.3, 0.4) is 0 Å². The fourth-order valence-electron chi connectivity index (χ4n) is 2.35. The molecule has 3 heterocycles. The van der Waals surface area contributed by atoms with Crippen LogP contribution >= 0.6 is 0 Å². The van der Waals surface area contributed by atoms with Gasteiger partial charge < -0.3 is 25.0 Å². The van der Waals surface area contributed by atoms with Gasteiger partial charge in [-0.3, -0.25) is 0 Å². The van der Waals surface area contributed by atoms with Crippen molar-refractivity contribution in [2.75, 3.05) is 31.1 Å². The minimum Gasteiger partial charge on any atom is -0.465 e. The van der Waals surface area contributed by atoms with Crippen molar-refractivity contribution in [3.63, 3.8) is 0 Å². The van der Waals surface area contributed by atoms with Crippen LogP contribution in [0, 0.1) is 0 Å². The number of morpholine rings is 1. The van der Waals surface area contributed by atoms with E-state index in [1.165, 1.54) is 6.33 Å². The Balaban J connectivity index is 1.76. The van der Waals surface area contributed by atoms with Crippen molar-refractivity contribution in [1.82, 2.24) is 20.3 Å². The molecule has 8 heteroatoms. The zero-order valence-electron chi connectivity index (χ0n) is 10.7. The molecule has 2 aromatic rings. The summed E-state index contributed by atoms with van der Waals surface area (Å²) in [6.45, 7) is 2.13. The molecule has 1 unspecified atom stereocenters. The maximum absolute atomic E-state index is 10.5. The summed E-state index contributed by atoms with van der Waals surface area (Å²) in [5.41, 5.74) is 0.793. The second-order valence-electron chi connectivity index (χ2n) is 4.56. The molecule has 0 aliphatic carbocycles. The first kappa shape index (κ1) is 12.7. The molecule has 1 atom stereocenters. The van der Waals surface area contributed by atoms with E-state index in [0.717, 1.165) is 23.4 Å². The lowest BCUT2D eigenvalue weighted by Gasteiger charge is -2.33. The fraction of sp³-hybridized carbons (Fsp3) is 0.417. The third kappa shape index (κ3) is 2.50. The summed E-state index contributed by atoms with van der Waals surface area (Å²) in [6, 6.07) is 1.94. The average Bonchev–Trinajstić information content (AvgIpc) is 2.93. The van der Waals surface area contributed by atoms with Crippen LogP contribution in [0.4, 0.5) is 10.6 Å². The van der Waals surface area contributed by atoms with Crippen molar-refractivity contribution in [3.8, 4) is 0 Å². The summed E-state index contributed by atoms with van der Waals surface area (Å²) in [4.78, 5) is 24.2. The second-order valence-corrected chi connectivity index (χ2v) is 4.56. The van der Waals surface area contributed by atoms with Crippen molar-refractivity contribution in [2.24, 2.45) is 0 Å². The Kier molecular flexibility index (Phi) is 3.38. The number of carboxylic acid groups (broad SMARTS) is 1. The largest absolute Gasteiger partial charge is 0.465 e. The third-order valence-corrected chi connectivity index (χ3v) is 3.25. The number of amides is 1. The number of ether oxygens (including phenoxy) is 1. The van der Waals surface area contributed by atoms with Crippen LogP contribution in [0.2, 0.25) is 0 Å². The number of aromatic nitrogens is 3. The van der Waals surface area contributed by atoms with E-state index >= 15 is 0 Å². The maximum Gasteiger partial charge on any atom is 0.404 e. The Morgan fingerprint density at radius 3 is 3.35 bits per heavy atom. The van der Waals surface area contributed by atoms with E-state index < -0.39 is 6.09 Å². The van der Waals surface area contributed by atoms with Crippen LogP contribution < -0.4 is 10.2 Å². The van der Waals surface area contributed by atoms with Gasteiger partial charge in [0.2, 0.25) is 0 Å². The second kappa shape index (κ2) is 5.33. The number of hydrogen-bond acceptors (Lipinski definition) is 5. The molecule has 0 saturated carbocycles. The number of nitrogens with one attached hydrogen (secondary N) is 2. The van der Waals surface area contributed by atoms with Crippen molar-refractivity contribution in [3.05, 3.63) is 18.6 Å². The molecule has 0 bridgehead atoms. The molecule has 1 aliphatic rings. The molecule has 2 aromatic heterocycles. The van der Waals surface area contributed by atoms with Crippen molar-refractivity contribution < 1.29 is 14.6 Å². The Morgan fingerprint density at radius 2 is 2.50 bits per heavy atom. The normalized spacial score (nSPS) is 19.2. The highest BCUT2D eigenvalue weighted by Crippen LogP contribution is 2.23. The maximum atomic E-state index is 10.5. The standard InChI is InChI=1S/C12H15N5O3/c18-12(19)14-5-8-6-17(3-4-20-8)11-9-1-2-13-10(9)15-7-16-11/h1-2,7-8,14H,3-6H2,(H,18,19)(H,13,15,16). The van der Waals surface area contributed by atoms with Gasteiger partial charge in [-0.1, -0.05) is 0 Å². The monoisotopic (exact) mass is 277 g/mol. The molecular formula is C12H15N5O3. The van der Waals surface area contributed by atoms with Crippen LogP contribution in [0.15, 0.2) is 18.6 Å². The summed E-state index contributed by atoms with van der Waals surface area (Å²) in [6.07, 6.45) is 2.13. The Hall–Kier alpha value is -2.35. The Bertz CT molecular complexity index is 614. The van der Waals surface area contributed by atoms with Gasteiger partial charge in [0.15, 0.2) is 0 Å². The molecule has 0 aromatic carbocycles. The van der Waals surface area contributed by atoms with Gasteiger partial charge in [0, 0.05) is 25.8 Å². The van der Waals surface area contributed by atoms with Gasteiger partial charge in [0.05, 0.1) is 18.1 Å². The van der Waals surface area contributed by atoms with Gasteiger partial charge in [0.25, 0.3) is 0 Å². The summed E-state index contributed by atoms with van der Waals surface area (Å²) >= 11 is 0. The number of rotatable bonds is 3.